The van der Waals surface area contributed by atoms with Crippen molar-refractivity contribution in [1.29, 1.82) is 0 Å². The van der Waals surface area contributed by atoms with Crippen LogP contribution >= 0.6 is 0 Å². The van der Waals surface area contributed by atoms with Crippen LogP contribution in [0, 0.1) is 34.0 Å². The molecule has 0 spiro atoms. The molecule has 78 valence electrons. The molecule has 0 saturated carbocycles. The minimum atomic E-state index is -0.417. The van der Waals surface area contributed by atoms with Crippen molar-refractivity contribution < 1.29 is 72.9 Å². The van der Waals surface area contributed by atoms with Gasteiger partial charge in [0.05, 0.1) is 34.0 Å². The summed E-state index contributed by atoms with van der Waals surface area (Å²) in [5, 5.41) is 0. The second-order valence-electron chi connectivity index (χ2n) is 0.189. The second-order valence-corrected chi connectivity index (χ2v) is 0.567. The van der Waals surface area contributed by atoms with Crippen molar-refractivity contribution in [2.45, 2.75) is 0 Å². The van der Waals surface area contributed by atoms with Gasteiger partial charge in [0.1, 0.15) is 0 Å². The summed E-state index contributed by atoms with van der Waals surface area (Å²) >= 11 is -1.25. The first kappa shape index (κ1) is 37.6. The Morgan fingerprint density at radius 1 is 0.500 bits per heavy atom. The van der Waals surface area contributed by atoms with E-state index >= 15 is 0 Å². The van der Waals surface area contributed by atoms with Gasteiger partial charge in [-0.15, -0.1) is 0 Å². The fraction of sp³-hybridized carbons (Fsp3) is 0. The van der Waals surface area contributed by atoms with E-state index < -0.39 is 34.0 Å². The van der Waals surface area contributed by atoms with E-state index in [1.54, 1.807) is 0 Å². The van der Waals surface area contributed by atoms with Crippen LogP contribution in [0.4, 0.5) is 0 Å². The first-order valence-corrected chi connectivity index (χ1v) is 2.78. The van der Waals surface area contributed by atoms with Gasteiger partial charge in [-0.1, -0.05) is 0 Å². The van der Waals surface area contributed by atoms with Crippen LogP contribution in [0.5, 0.6) is 0 Å². The fourth-order valence-corrected chi connectivity index (χ4v) is 0. The van der Waals surface area contributed by atoms with E-state index in [1.807, 2.05) is 0 Å². The summed E-state index contributed by atoms with van der Waals surface area (Å²) in [6, 6.07) is 0. The Bertz CT molecular complexity index is 19.0. The van der Waals surface area contributed by atoms with Crippen molar-refractivity contribution in [2.24, 2.45) is 0 Å². The zero-order valence-electron chi connectivity index (χ0n) is 5.03. The Labute approximate surface area is 98.8 Å². The third kappa shape index (κ3) is 606. The minimum absolute atomic E-state index is 0. The molecule has 0 heterocycles. The first-order valence-electron chi connectivity index (χ1n) is 0.926. The molecule has 0 saturated heterocycles. The molecule has 0 rings (SSSR count). The van der Waals surface area contributed by atoms with Crippen LogP contribution in [0.1, 0.15) is 0 Å². The largest absolute Gasteiger partial charge is 3.00 e. The van der Waals surface area contributed by atoms with Crippen molar-refractivity contribution in [3.63, 3.8) is 0 Å². The Balaban J connectivity index is -0.00000001000. The molecule has 12 heavy (non-hydrogen) atoms. The summed E-state index contributed by atoms with van der Waals surface area (Å²) in [5.74, 6) is 0. The molecule has 0 aliphatic rings. The van der Waals surface area contributed by atoms with Crippen molar-refractivity contribution in [3.05, 3.63) is 0 Å². The normalized spacial score (nSPS) is 4.50. The molecule has 0 unspecified atom stereocenters. The van der Waals surface area contributed by atoms with Gasteiger partial charge in [-0.25, -0.2) is 0 Å². The number of rotatable bonds is 0. The third-order valence-corrected chi connectivity index (χ3v) is 0. The molecular weight excluding hydrogens is 443 g/mol. The van der Waals surface area contributed by atoms with E-state index in [4.69, 9.17) is 28.0 Å². The number of hydrogen-bond acceptors (Lipinski definition) is 6. The van der Waals surface area contributed by atoms with Gasteiger partial charge < -0.3 is 38.9 Å². The molecule has 0 aliphatic heterocycles. The van der Waals surface area contributed by atoms with Gasteiger partial charge in [0.2, 0.25) is 0 Å². The molecule has 0 aliphatic carbocycles. The monoisotopic (exact) mass is 446 g/mol. The molecule has 0 aromatic rings. The van der Waals surface area contributed by atoms with Crippen LogP contribution in [0.25, 0.3) is 0 Å². The molecule has 12 heteroatoms. The van der Waals surface area contributed by atoms with Crippen LogP contribution in [0.15, 0.2) is 0 Å². The topological polar surface area (TPSA) is 201 Å². The van der Waals surface area contributed by atoms with Gasteiger partial charge in [0.25, 0.3) is 0 Å². The quantitative estimate of drug-likeness (QED) is 0.330. The van der Waals surface area contributed by atoms with E-state index in [2.05, 4.69) is 0 Å². The van der Waals surface area contributed by atoms with Gasteiger partial charge in [-0.2, -0.15) is 0 Å². The van der Waals surface area contributed by atoms with E-state index in [0.717, 1.165) is 0 Å². The molecule has 8 nitrogen and oxygen atoms in total. The zero-order chi connectivity index (χ0) is 8.12. The third-order valence-electron chi connectivity index (χ3n) is 0. The molecule has 0 fully saturated rings. The average molecular weight is 447 g/mol. The van der Waals surface area contributed by atoms with Crippen LogP contribution in [-0.4, -0.2) is 37.2 Å². The van der Waals surface area contributed by atoms with Gasteiger partial charge >= 0.3 is 26.2 Å². The van der Waals surface area contributed by atoms with E-state index in [1.165, 1.54) is 0 Å². The van der Waals surface area contributed by atoms with Crippen LogP contribution < -0.4 is 28.0 Å². The van der Waals surface area contributed by atoms with Crippen molar-refractivity contribution in [3.8, 4) is 0 Å². The number of halogens is 3. The van der Waals surface area contributed by atoms with Crippen LogP contribution in [-0.2, 0) is 0 Å². The second kappa shape index (κ2) is 82.7. The zero-order valence-corrected chi connectivity index (χ0v) is 10.8. The predicted octanol–water partition coefficient (Wildman–Crippen LogP) is -9.16. The Morgan fingerprint density at radius 2 is 0.500 bits per heavy atom. The molecule has 0 aromatic heterocycles. The molecule has 4 N–H and O–H groups in total. The molecule has 2 radical (unpaired) electrons. The van der Waals surface area contributed by atoms with E-state index in [-0.39, 0.29) is 37.2 Å². The maximum atomic E-state index is 8.24. The summed E-state index contributed by atoms with van der Waals surface area (Å²) in [5.41, 5.74) is 0. The molecule has 0 aromatic carbocycles. The van der Waals surface area contributed by atoms with E-state index in [9.17, 15) is 0 Å². The van der Waals surface area contributed by atoms with Gasteiger partial charge in [0, 0.05) is 0 Å². The summed E-state index contributed by atoms with van der Waals surface area (Å²) in [6.07, 6.45) is 0. The standard InChI is InChI=1S/Bi.3ClO2.2H2O/c;3*2-1-3;;/h;;;;2*1H2/q+3;3*-1;;. The smallest absolute Gasteiger partial charge is 0.544 e. The summed E-state index contributed by atoms with van der Waals surface area (Å²) in [6.45, 7) is 0. The van der Waals surface area contributed by atoms with Crippen LogP contribution in [0.3, 0.4) is 0 Å². The number of hydrogen-bond donors (Lipinski definition) is 0. The van der Waals surface area contributed by atoms with Gasteiger partial charge in [-0.3, -0.25) is 0 Å². The molecule has 0 amide bonds. The Kier molecular flexibility index (Phi) is 259. The Morgan fingerprint density at radius 3 is 0.500 bits per heavy atom. The van der Waals surface area contributed by atoms with E-state index in [0.29, 0.717) is 0 Å². The van der Waals surface area contributed by atoms with Crippen LogP contribution in [0.2, 0.25) is 0 Å². The maximum absolute atomic E-state index is 8.24. The first-order chi connectivity index (χ1) is 4.24. The molecule has 0 atom stereocenters. The molecular formula is H4BiCl3O8. The Hall–Kier alpha value is 1.43. The van der Waals surface area contributed by atoms with Crippen molar-refractivity contribution in [1.82, 2.24) is 0 Å². The van der Waals surface area contributed by atoms with Crippen molar-refractivity contribution in [2.75, 3.05) is 0 Å². The van der Waals surface area contributed by atoms with Gasteiger partial charge in [0.15, 0.2) is 0 Å². The predicted molar refractivity (Wildman–Crippen MR) is 13.0 cm³/mol. The summed E-state index contributed by atoms with van der Waals surface area (Å²) < 4.78 is 49.4. The fourth-order valence-electron chi connectivity index (χ4n) is 0. The SMILES string of the molecule is O.O.[Bi+3].[O-][Cl+][O-].[O-][Cl+][O-].[O-][Cl+][O-]. The maximum Gasteiger partial charge on any atom is 3.00 e. The average Bonchev–Trinajstić information content (AvgIpc) is 1.70. The van der Waals surface area contributed by atoms with Crippen molar-refractivity contribution >= 4 is 26.2 Å². The minimum Gasteiger partial charge on any atom is -0.544 e. The summed E-state index contributed by atoms with van der Waals surface area (Å²) in [7, 11) is 0. The molecule has 0 bridgehead atoms. The summed E-state index contributed by atoms with van der Waals surface area (Å²) in [4.78, 5) is 0. The van der Waals surface area contributed by atoms with Gasteiger partial charge in [-0.05, 0) is 0 Å².